The smallest absolute Gasteiger partial charge is 0.329 e. The summed E-state index contributed by atoms with van der Waals surface area (Å²) in [6, 6.07) is 10.4. The number of ether oxygens (including phenoxy) is 1. The summed E-state index contributed by atoms with van der Waals surface area (Å²) >= 11 is 6.58. The number of amides is 3. The van der Waals surface area contributed by atoms with Crippen molar-refractivity contribution in [3.05, 3.63) is 63.0 Å². The van der Waals surface area contributed by atoms with Gasteiger partial charge in [-0.1, -0.05) is 29.8 Å². The number of carbonyl (C=O) groups is 3. The number of imide groups is 1. The lowest BCUT2D eigenvalue weighted by molar-refractivity contribution is -0.135. The van der Waals surface area contributed by atoms with Gasteiger partial charge < -0.3 is 16.2 Å². The van der Waals surface area contributed by atoms with Crippen molar-refractivity contribution in [3.8, 4) is 5.75 Å². The fourth-order valence-electron chi connectivity index (χ4n) is 4.75. The highest BCUT2D eigenvalue weighted by molar-refractivity contribution is 6.32. The molecule has 0 bridgehead atoms. The van der Waals surface area contributed by atoms with Crippen LogP contribution >= 0.6 is 11.6 Å². The third kappa shape index (κ3) is 6.08. The van der Waals surface area contributed by atoms with Crippen molar-refractivity contribution in [1.82, 2.24) is 14.5 Å². The van der Waals surface area contributed by atoms with Crippen LogP contribution in [0.1, 0.15) is 49.3 Å². The van der Waals surface area contributed by atoms with Gasteiger partial charge in [-0.15, -0.1) is 0 Å². The molecule has 0 spiro atoms. The van der Waals surface area contributed by atoms with Crippen LogP contribution in [0.15, 0.2) is 41.2 Å². The average Bonchev–Trinajstić information content (AvgIpc) is 3.12. The highest BCUT2D eigenvalue weighted by atomic mass is 35.5. The van der Waals surface area contributed by atoms with E-state index in [1.807, 2.05) is 30.3 Å². The van der Waals surface area contributed by atoms with Gasteiger partial charge in [-0.05, 0) is 61.4 Å². The lowest BCUT2D eigenvalue weighted by atomic mass is 10.0. The molecule has 1 saturated heterocycles. The zero-order chi connectivity index (χ0) is 27.4. The summed E-state index contributed by atoms with van der Waals surface area (Å²) in [4.78, 5) is 47.8. The maximum Gasteiger partial charge on any atom is 0.329 e. The minimum atomic E-state index is -0.705. The summed E-state index contributed by atoms with van der Waals surface area (Å²) < 4.78 is 8.80. The number of hydrogen-bond acceptors (Lipinski definition) is 6. The number of aromatic nitrogens is 2. The molecule has 1 aromatic heterocycles. The molecular weight excluding hydrogens is 510 g/mol. The summed E-state index contributed by atoms with van der Waals surface area (Å²) in [5.74, 6) is -0.614. The Morgan fingerprint density at radius 3 is 2.71 bits per heavy atom. The fourth-order valence-corrected chi connectivity index (χ4v) is 5.02. The molecule has 0 radical (unpaired) electrons. The Balaban J connectivity index is 1.41. The number of fused-ring (bicyclic) bond motifs is 1. The fraction of sp³-hybridized carbons (Fsp3) is 0.407. The van der Waals surface area contributed by atoms with Gasteiger partial charge in [0.1, 0.15) is 18.4 Å². The Hall–Kier alpha value is -3.63. The molecule has 38 heavy (non-hydrogen) atoms. The molecule has 202 valence electrons. The van der Waals surface area contributed by atoms with E-state index in [2.05, 4.69) is 5.32 Å². The largest absolute Gasteiger partial charge is 0.490 e. The summed E-state index contributed by atoms with van der Waals surface area (Å²) in [5, 5.41) is 2.86. The molecule has 2 atom stereocenters. The van der Waals surface area contributed by atoms with Crippen LogP contribution < -0.4 is 27.2 Å². The minimum absolute atomic E-state index is 0.203. The molecule has 11 heteroatoms. The maximum absolute atomic E-state index is 13.0. The lowest BCUT2D eigenvalue weighted by Gasteiger charge is -2.21. The van der Waals surface area contributed by atoms with Crippen molar-refractivity contribution in [1.29, 1.82) is 0 Å². The summed E-state index contributed by atoms with van der Waals surface area (Å²) in [7, 11) is 1.68. The van der Waals surface area contributed by atoms with E-state index >= 15 is 0 Å². The molecule has 4 rings (SSSR count). The molecule has 5 N–H and O–H groups in total. The van der Waals surface area contributed by atoms with E-state index in [0.29, 0.717) is 29.1 Å². The molecular formula is C27H32ClN5O5. The number of piperidine rings is 1. The predicted octanol–water partition coefficient (Wildman–Crippen LogP) is 2.12. The Bertz CT molecular complexity index is 1430. The van der Waals surface area contributed by atoms with Crippen LogP contribution in [0.4, 0.5) is 0 Å². The number of nitrogens with zero attached hydrogens (tertiary/aromatic N) is 2. The van der Waals surface area contributed by atoms with E-state index in [1.165, 1.54) is 9.13 Å². The van der Waals surface area contributed by atoms with Gasteiger partial charge in [0.05, 0.1) is 16.1 Å². The number of imidazole rings is 1. The molecule has 2 unspecified atom stereocenters. The molecule has 2 aromatic carbocycles. The van der Waals surface area contributed by atoms with Crippen LogP contribution in [0.25, 0.3) is 11.0 Å². The molecule has 0 aliphatic carbocycles. The monoisotopic (exact) mass is 541 g/mol. The maximum atomic E-state index is 13.0. The van der Waals surface area contributed by atoms with Crippen LogP contribution in [-0.4, -0.2) is 39.5 Å². The van der Waals surface area contributed by atoms with Gasteiger partial charge in [0.25, 0.3) is 0 Å². The van der Waals surface area contributed by atoms with Crippen molar-refractivity contribution in [2.75, 3.05) is 6.61 Å². The van der Waals surface area contributed by atoms with Gasteiger partial charge >= 0.3 is 5.69 Å². The summed E-state index contributed by atoms with van der Waals surface area (Å²) in [5.41, 5.74) is 14.3. The Kier molecular flexibility index (Phi) is 8.53. The van der Waals surface area contributed by atoms with E-state index in [9.17, 15) is 19.2 Å². The second kappa shape index (κ2) is 11.8. The second-order valence-electron chi connectivity index (χ2n) is 9.66. The first kappa shape index (κ1) is 27.4. The van der Waals surface area contributed by atoms with Crippen LogP contribution in [-0.2, 0) is 34.3 Å². The number of primary amides is 1. The number of halogens is 1. The number of benzene rings is 2. The van der Waals surface area contributed by atoms with Crippen LogP contribution in [0.2, 0.25) is 5.02 Å². The van der Waals surface area contributed by atoms with Gasteiger partial charge in [0, 0.05) is 25.9 Å². The highest BCUT2D eigenvalue weighted by Gasteiger charge is 2.31. The molecule has 1 aliphatic heterocycles. The number of hydrogen-bond donors (Lipinski definition) is 3. The van der Waals surface area contributed by atoms with Crippen LogP contribution in [0, 0.1) is 0 Å². The third-order valence-electron chi connectivity index (χ3n) is 6.84. The van der Waals surface area contributed by atoms with Crippen LogP contribution in [0.5, 0.6) is 5.75 Å². The van der Waals surface area contributed by atoms with Gasteiger partial charge in [-0.3, -0.25) is 28.8 Å². The van der Waals surface area contributed by atoms with Gasteiger partial charge in [-0.2, -0.15) is 0 Å². The van der Waals surface area contributed by atoms with E-state index in [-0.39, 0.29) is 37.1 Å². The molecule has 1 fully saturated rings. The zero-order valence-electron chi connectivity index (χ0n) is 21.2. The quantitative estimate of drug-likeness (QED) is 0.316. The van der Waals surface area contributed by atoms with Crippen molar-refractivity contribution in [2.45, 2.75) is 57.0 Å². The predicted molar refractivity (Wildman–Crippen MR) is 144 cm³/mol. The zero-order valence-corrected chi connectivity index (χ0v) is 22.0. The van der Waals surface area contributed by atoms with Crippen molar-refractivity contribution in [3.63, 3.8) is 0 Å². The van der Waals surface area contributed by atoms with E-state index < -0.39 is 17.9 Å². The third-order valence-corrected chi connectivity index (χ3v) is 7.27. The summed E-state index contributed by atoms with van der Waals surface area (Å²) in [6.45, 7) is 0.230. The Morgan fingerprint density at radius 1 is 1.18 bits per heavy atom. The molecule has 0 saturated carbocycles. The standard InChI is InChI=1S/C27H32ClN5O5/c1-32-21-14-16(8-10-19(21)33(27(32)37)20-11-13-24(35)31-26(20)36)4-2-5-17-6-3-7-22(25(17)28)38-15-18(29)9-12-23(30)34/h3,6-8,10,14,18,20H,2,4-5,9,11-13,15,29H2,1H3,(H2,30,34)(H,31,35,36). The number of nitrogens with two attached hydrogens (primary N) is 2. The highest BCUT2D eigenvalue weighted by Crippen LogP contribution is 2.30. The summed E-state index contributed by atoms with van der Waals surface area (Å²) in [6.07, 6.45) is 3.45. The first-order valence-corrected chi connectivity index (χ1v) is 13.0. The van der Waals surface area contributed by atoms with Crippen molar-refractivity contribution in [2.24, 2.45) is 18.5 Å². The molecule has 10 nitrogen and oxygen atoms in total. The SMILES string of the molecule is Cn1c(=O)n(C2CCC(=O)NC2=O)c2ccc(CCCc3cccc(OCC(N)CCC(N)=O)c3Cl)cc21. The van der Waals surface area contributed by atoms with Gasteiger partial charge in [0.2, 0.25) is 17.7 Å². The van der Waals surface area contributed by atoms with Crippen LogP contribution in [0.3, 0.4) is 0 Å². The first-order valence-electron chi connectivity index (χ1n) is 12.6. The van der Waals surface area contributed by atoms with Crippen molar-refractivity contribution >= 4 is 40.4 Å². The second-order valence-corrected chi connectivity index (χ2v) is 10.0. The van der Waals surface area contributed by atoms with E-state index in [0.717, 1.165) is 35.9 Å². The van der Waals surface area contributed by atoms with Crippen molar-refractivity contribution < 1.29 is 19.1 Å². The minimum Gasteiger partial charge on any atom is -0.490 e. The van der Waals surface area contributed by atoms with Gasteiger partial charge in [0.15, 0.2) is 0 Å². The number of aryl methyl sites for hydroxylation is 3. The van der Waals surface area contributed by atoms with Gasteiger partial charge in [-0.25, -0.2) is 4.79 Å². The molecule has 2 heterocycles. The normalized spacial score (nSPS) is 16.4. The number of carbonyl (C=O) groups excluding carboxylic acids is 3. The Morgan fingerprint density at radius 2 is 1.97 bits per heavy atom. The molecule has 1 aliphatic rings. The van der Waals surface area contributed by atoms with E-state index in [4.69, 9.17) is 27.8 Å². The first-order chi connectivity index (χ1) is 18.2. The lowest BCUT2D eigenvalue weighted by Crippen LogP contribution is -2.44. The topological polar surface area (TPSA) is 151 Å². The number of nitrogens with one attached hydrogen (secondary N) is 1. The number of rotatable bonds is 11. The Labute approximate surface area is 224 Å². The molecule has 3 amide bonds. The molecule has 3 aromatic rings. The van der Waals surface area contributed by atoms with E-state index in [1.54, 1.807) is 13.1 Å². The average molecular weight is 542 g/mol.